The first-order valence-electron chi connectivity index (χ1n) is 5.83. The highest BCUT2D eigenvalue weighted by Crippen LogP contribution is 2.30. The minimum Gasteiger partial charge on any atom is -0.383 e. The second-order valence-electron chi connectivity index (χ2n) is 4.09. The molecule has 0 radical (unpaired) electrons. The molecule has 1 N–H and O–H groups in total. The molecule has 0 saturated heterocycles. The van der Waals surface area contributed by atoms with Gasteiger partial charge in [0.1, 0.15) is 0 Å². The van der Waals surface area contributed by atoms with Crippen molar-refractivity contribution in [2.24, 2.45) is 0 Å². The fourth-order valence-electron chi connectivity index (χ4n) is 1.80. The molecule has 0 spiro atoms. The lowest BCUT2D eigenvalue weighted by Crippen LogP contribution is -2.24. The first-order valence-corrected chi connectivity index (χ1v) is 6.62. The van der Waals surface area contributed by atoms with Gasteiger partial charge in [0.15, 0.2) is 0 Å². The van der Waals surface area contributed by atoms with E-state index >= 15 is 0 Å². The van der Waals surface area contributed by atoms with E-state index in [1.807, 2.05) is 0 Å². The molecule has 0 aliphatic carbocycles. The summed E-state index contributed by atoms with van der Waals surface area (Å²) in [5.41, 5.74) is 0.712. The second kappa shape index (κ2) is 7.25. The Hall–Kier alpha value is -0.600. The summed E-state index contributed by atoms with van der Waals surface area (Å²) in [5, 5.41) is 7.04. The minimum atomic E-state index is -4.15. The molecule has 4 nitrogen and oxygen atoms in total. The van der Waals surface area contributed by atoms with Crippen LogP contribution in [0.5, 0.6) is 0 Å². The van der Waals surface area contributed by atoms with Crippen molar-refractivity contribution in [1.29, 1.82) is 0 Å². The van der Waals surface area contributed by atoms with Crippen molar-refractivity contribution in [3.05, 3.63) is 16.4 Å². The Morgan fingerprint density at radius 2 is 2.21 bits per heavy atom. The second-order valence-corrected chi connectivity index (χ2v) is 4.94. The van der Waals surface area contributed by atoms with Crippen molar-refractivity contribution < 1.29 is 17.9 Å². The van der Waals surface area contributed by atoms with Crippen LogP contribution in [0, 0.1) is 0 Å². The number of ether oxygens (including phenoxy) is 1. The Balaban J connectivity index is 2.81. The number of rotatable bonds is 7. The van der Waals surface area contributed by atoms with Gasteiger partial charge in [-0.25, -0.2) is 0 Å². The largest absolute Gasteiger partial charge is 0.389 e. The molecule has 0 aliphatic heterocycles. The molecule has 0 fully saturated rings. The third-order valence-corrected chi connectivity index (χ3v) is 3.35. The van der Waals surface area contributed by atoms with Gasteiger partial charge in [-0.05, 0) is 29.4 Å². The van der Waals surface area contributed by atoms with Crippen LogP contribution in [0.1, 0.15) is 24.6 Å². The Morgan fingerprint density at radius 3 is 2.74 bits per heavy atom. The van der Waals surface area contributed by atoms with E-state index < -0.39 is 18.6 Å². The molecule has 0 amide bonds. The molecule has 1 aromatic heterocycles. The van der Waals surface area contributed by atoms with Gasteiger partial charge in [0.05, 0.1) is 35.6 Å². The normalized spacial score (nSPS) is 13.8. The quantitative estimate of drug-likeness (QED) is 0.827. The van der Waals surface area contributed by atoms with Crippen LogP contribution in [-0.2, 0) is 11.3 Å². The lowest BCUT2D eigenvalue weighted by molar-refractivity contribution is -0.136. The fourth-order valence-corrected chi connectivity index (χ4v) is 2.37. The van der Waals surface area contributed by atoms with Gasteiger partial charge in [0.2, 0.25) is 0 Å². The number of methoxy groups -OCH3 is 1. The van der Waals surface area contributed by atoms with E-state index in [-0.39, 0.29) is 6.42 Å². The topological polar surface area (TPSA) is 39.1 Å². The van der Waals surface area contributed by atoms with Crippen LogP contribution in [0.25, 0.3) is 0 Å². The molecule has 0 aromatic carbocycles. The molecule has 1 rings (SSSR count). The summed E-state index contributed by atoms with van der Waals surface area (Å²) in [6, 6.07) is -0.407. The average Bonchev–Trinajstić information content (AvgIpc) is 2.68. The summed E-state index contributed by atoms with van der Waals surface area (Å²) in [7, 11) is 3.21. The molecular weight excluding hydrogens is 327 g/mol. The molecule has 1 atom stereocenters. The summed E-state index contributed by atoms with van der Waals surface area (Å²) in [5.74, 6) is 0. The van der Waals surface area contributed by atoms with Crippen molar-refractivity contribution in [2.45, 2.75) is 31.6 Å². The molecule has 1 aromatic rings. The van der Waals surface area contributed by atoms with E-state index in [2.05, 4.69) is 26.3 Å². The lowest BCUT2D eigenvalue weighted by atomic mass is 10.1. The number of alkyl halides is 3. The monoisotopic (exact) mass is 343 g/mol. The molecule has 0 aliphatic rings. The SMILES string of the molecule is CNC(CCC(F)(F)F)c1c(Br)cnn1CCOC. The number of hydrogen-bond donors (Lipinski definition) is 1. The van der Waals surface area contributed by atoms with Gasteiger partial charge in [-0.2, -0.15) is 18.3 Å². The molecule has 110 valence electrons. The highest BCUT2D eigenvalue weighted by molar-refractivity contribution is 9.10. The van der Waals surface area contributed by atoms with Crippen molar-refractivity contribution in [3.8, 4) is 0 Å². The van der Waals surface area contributed by atoms with E-state index in [9.17, 15) is 13.2 Å². The number of aromatic nitrogens is 2. The molecule has 1 unspecified atom stereocenters. The van der Waals surface area contributed by atoms with Crippen LogP contribution in [0.15, 0.2) is 10.7 Å². The third kappa shape index (κ3) is 5.12. The fraction of sp³-hybridized carbons (Fsp3) is 0.727. The Labute approximate surface area is 118 Å². The smallest absolute Gasteiger partial charge is 0.383 e. The summed E-state index contributed by atoms with van der Waals surface area (Å²) < 4.78 is 44.3. The van der Waals surface area contributed by atoms with Gasteiger partial charge in [-0.3, -0.25) is 4.68 Å². The first kappa shape index (κ1) is 16.5. The molecule has 19 heavy (non-hydrogen) atoms. The van der Waals surface area contributed by atoms with Crippen LogP contribution >= 0.6 is 15.9 Å². The molecule has 0 bridgehead atoms. The van der Waals surface area contributed by atoms with Gasteiger partial charge >= 0.3 is 6.18 Å². The van der Waals surface area contributed by atoms with Gasteiger partial charge in [-0.1, -0.05) is 0 Å². The average molecular weight is 344 g/mol. The van der Waals surface area contributed by atoms with Gasteiger partial charge < -0.3 is 10.1 Å². The van der Waals surface area contributed by atoms with E-state index in [4.69, 9.17) is 4.74 Å². The van der Waals surface area contributed by atoms with Crippen molar-refractivity contribution in [3.63, 3.8) is 0 Å². The lowest BCUT2D eigenvalue weighted by Gasteiger charge is -2.19. The predicted octanol–water partition coefficient (Wildman–Crippen LogP) is 2.90. The van der Waals surface area contributed by atoms with Gasteiger partial charge in [0.25, 0.3) is 0 Å². The van der Waals surface area contributed by atoms with Crippen molar-refractivity contribution >= 4 is 15.9 Å². The maximum Gasteiger partial charge on any atom is 0.389 e. The maximum absolute atomic E-state index is 12.3. The van der Waals surface area contributed by atoms with Gasteiger partial charge in [-0.15, -0.1) is 0 Å². The Morgan fingerprint density at radius 1 is 1.53 bits per heavy atom. The molecule has 1 heterocycles. The zero-order valence-electron chi connectivity index (χ0n) is 10.8. The molecule has 8 heteroatoms. The number of hydrogen-bond acceptors (Lipinski definition) is 3. The summed E-state index contributed by atoms with van der Waals surface area (Å²) in [6.07, 6.45) is -3.43. The number of nitrogens with zero attached hydrogens (tertiary/aromatic N) is 2. The number of halogens is 4. The Bertz CT molecular complexity index is 395. The highest BCUT2D eigenvalue weighted by atomic mass is 79.9. The van der Waals surface area contributed by atoms with Crippen LogP contribution < -0.4 is 5.32 Å². The zero-order valence-corrected chi connectivity index (χ0v) is 12.4. The van der Waals surface area contributed by atoms with Crippen molar-refractivity contribution in [1.82, 2.24) is 15.1 Å². The van der Waals surface area contributed by atoms with E-state index in [1.54, 1.807) is 25.0 Å². The maximum atomic E-state index is 12.3. The van der Waals surface area contributed by atoms with E-state index in [0.29, 0.717) is 23.3 Å². The van der Waals surface area contributed by atoms with Crippen LogP contribution in [0.4, 0.5) is 13.2 Å². The summed E-state index contributed by atoms with van der Waals surface area (Å²) in [6.45, 7) is 0.957. The van der Waals surface area contributed by atoms with Crippen LogP contribution in [0.3, 0.4) is 0 Å². The number of nitrogens with one attached hydrogen (secondary N) is 1. The van der Waals surface area contributed by atoms with Crippen LogP contribution in [0.2, 0.25) is 0 Å². The Kier molecular flexibility index (Phi) is 6.28. The van der Waals surface area contributed by atoms with Crippen molar-refractivity contribution in [2.75, 3.05) is 20.8 Å². The highest BCUT2D eigenvalue weighted by Gasteiger charge is 2.30. The first-order chi connectivity index (χ1) is 8.89. The summed E-state index contributed by atoms with van der Waals surface area (Å²) >= 11 is 3.33. The van der Waals surface area contributed by atoms with E-state index in [1.165, 1.54) is 0 Å². The zero-order chi connectivity index (χ0) is 14.5. The van der Waals surface area contributed by atoms with Gasteiger partial charge in [0, 0.05) is 13.5 Å². The summed E-state index contributed by atoms with van der Waals surface area (Å²) in [4.78, 5) is 0. The molecular formula is C11H17BrF3N3O. The van der Waals surface area contributed by atoms with Crippen LogP contribution in [-0.4, -0.2) is 36.7 Å². The molecule has 0 saturated carbocycles. The third-order valence-electron chi connectivity index (χ3n) is 2.74. The van der Waals surface area contributed by atoms with E-state index in [0.717, 1.165) is 0 Å². The predicted molar refractivity (Wildman–Crippen MR) is 68.9 cm³/mol. The standard InChI is InChI=1S/C11H17BrF3N3O/c1-16-9(3-4-11(13,14)15)10-8(12)7-17-18(10)5-6-19-2/h7,9,16H,3-6H2,1-2H3. The minimum absolute atomic E-state index is 0.0305.